The minimum atomic E-state index is -0.264. The van der Waals surface area contributed by atoms with E-state index in [9.17, 15) is 9.59 Å². The Hall–Kier alpha value is -2.82. The number of carbonyl (C=O) groups is 2. The van der Waals surface area contributed by atoms with Gasteiger partial charge in [0.15, 0.2) is 12.4 Å². The van der Waals surface area contributed by atoms with Crippen molar-refractivity contribution < 1.29 is 14.3 Å². The molecule has 3 rings (SSSR count). The zero-order valence-corrected chi connectivity index (χ0v) is 12.4. The molecule has 0 unspecified atom stereocenters. The second-order valence-electron chi connectivity index (χ2n) is 5.29. The van der Waals surface area contributed by atoms with Crippen molar-refractivity contribution in [3.05, 3.63) is 53.1 Å². The molecule has 5 nitrogen and oxygen atoms in total. The zero-order valence-electron chi connectivity index (χ0n) is 12.4. The molecule has 0 bridgehead atoms. The van der Waals surface area contributed by atoms with Gasteiger partial charge in [0.05, 0.1) is 11.3 Å². The van der Waals surface area contributed by atoms with Crippen LogP contribution in [0.4, 0.5) is 11.4 Å². The van der Waals surface area contributed by atoms with Crippen LogP contribution in [-0.2, 0) is 4.79 Å². The molecule has 0 fully saturated rings. The Bertz CT molecular complexity index is 768. The molecule has 112 valence electrons. The Labute approximate surface area is 128 Å². The molecule has 1 aliphatic heterocycles. The van der Waals surface area contributed by atoms with Crippen LogP contribution in [0.1, 0.15) is 21.5 Å². The minimum absolute atomic E-state index is 0.0825. The largest absolute Gasteiger partial charge is 0.481 e. The van der Waals surface area contributed by atoms with Crippen molar-refractivity contribution in [1.29, 1.82) is 0 Å². The topological polar surface area (TPSA) is 67.4 Å². The molecule has 5 heteroatoms. The smallest absolute Gasteiger partial charge is 0.262 e. The lowest BCUT2D eigenvalue weighted by atomic mass is 10.1. The molecule has 2 aromatic rings. The lowest BCUT2D eigenvalue weighted by Crippen LogP contribution is -2.27. The molecule has 0 aromatic heterocycles. The summed E-state index contributed by atoms with van der Waals surface area (Å²) in [7, 11) is 0. The second-order valence-corrected chi connectivity index (χ2v) is 5.29. The van der Waals surface area contributed by atoms with Crippen LogP contribution in [0.2, 0.25) is 0 Å². The van der Waals surface area contributed by atoms with Crippen molar-refractivity contribution in [2.75, 3.05) is 17.2 Å². The van der Waals surface area contributed by atoms with Crippen molar-refractivity contribution in [2.24, 2.45) is 0 Å². The maximum Gasteiger partial charge on any atom is 0.262 e. The molecule has 0 saturated carbocycles. The van der Waals surface area contributed by atoms with Crippen LogP contribution in [0.15, 0.2) is 36.4 Å². The number of nitrogens with one attached hydrogen (secondary N) is 2. The third-order valence-electron chi connectivity index (χ3n) is 3.51. The third kappa shape index (κ3) is 2.65. The monoisotopic (exact) mass is 296 g/mol. The predicted molar refractivity (Wildman–Crippen MR) is 84.4 cm³/mol. The molecule has 22 heavy (non-hydrogen) atoms. The summed E-state index contributed by atoms with van der Waals surface area (Å²) >= 11 is 0. The van der Waals surface area contributed by atoms with E-state index in [-0.39, 0.29) is 18.4 Å². The molecule has 2 aromatic carbocycles. The van der Waals surface area contributed by atoms with Gasteiger partial charge in [-0.15, -0.1) is 0 Å². The van der Waals surface area contributed by atoms with Crippen LogP contribution >= 0.6 is 0 Å². The van der Waals surface area contributed by atoms with E-state index in [2.05, 4.69) is 10.6 Å². The normalized spacial score (nSPS) is 12.9. The molecule has 0 atom stereocenters. The number of fused-ring (bicyclic) bond motifs is 1. The predicted octanol–water partition coefficient (Wildman–Crippen LogP) is 2.89. The maximum absolute atomic E-state index is 12.5. The fourth-order valence-electron chi connectivity index (χ4n) is 2.44. The van der Waals surface area contributed by atoms with E-state index >= 15 is 0 Å². The SMILES string of the molecule is Cc1ccc(NC(=O)c2cccc3c2OCC(=O)N3)c(C)c1. The van der Waals surface area contributed by atoms with Gasteiger partial charge in [-0.2, -0.15) is 0 Å². The molecule has 0 spiro atoms. The van der Waals surface area contributed by atoms with E-state index in [0.29, 0.717) is 17.0 Å². The van der Waals surface area contributed by atoms with Crippen LogP contribution in [-0.4, -0.2) is 18.4 Å². The average Bonchev–Trinajstić information content (AvgIpc) is 2.49. The average molecular weight is 296 g/mol. The Kier molecular flexibility index (Phi) is 3.55. The van der Waals surface area contributed by atoms with Crippen LogP contribution < -0.4 is 15.4 Å². The van der Waals surface area contributed by atoms with Crippen molar-refractivity contribution in [2.45, 2.75) is 13.8 Å². The second kappa shape index (κ2) is 5.52. The fraction of sp³-hybridized carbons (Fsp3) is 0.176. The standard InChI is InChI=1S/C17H16N2O3/c1-10-6-7-13(11(2)8-10)19-17(21)12-4-3-5-14-16(12)22-9-15(20)18-14/h3-8H,9H2,1-2H3,(H,18,20)(H,19,21). The molecule has 1 heterocycles. The Balaban J connectivity index is 1.90. The Morgan fingerprint density at radius 2 is 2.05 bits per heavy atom. The molecule has 0 saturated heterocycles. The first-order valence-electron chi connectivity index (χ1n) is 6.99. The van der Waals surface area contributed by atoms with Crippen molar-refractivity contribution >= 4 is 23.2 Å². The van der Waals surface area contributed by atoms with Gasteiger partial charge >= 0.3 is 0 Å². The van der Waals surface area contributed by atoms with Crippen LogP contribution in [0.3, 0.4) is 0 Å². The lowest BCUT2D eigenvalue weighted by molar-refractivity contribution is -0.118. The highest BCUT2D eigenvalue weighted by Gasteiger charge is 2.22. The van der Waals surface area contributed by atoms with Gasteiger partial charge in [0.2, 0.25) is 0 Å². The number of hydrogen-bond acceptors (Lipinski definition) is 3. The Morgan fingerprint density at radius 3 is 2.82 bits per heavy atom. The highest BCUT2D eigenvalue weighted by molar-refractivity contribution is 6.09. The first kappa shape index (κ1) is 14.1. The number of rotatable bonds is 2. The molecule has 2 amide bonds. The zero-order chi connectivity index (χ0) is 15.7. The van der Waals surface area contributed by atoms with Gasteiger partial charge < -0.3 is 15.4 Å². The summed E-state index contributed by atoms with van der Waals surface area (Å²) < 4.78 is 5.40. The summed E-state index contributed by atoms with van der Waals surface area (Å²) in [5, 5.41) is 5.58. The number of amides is 2. The van der Waals surface area contributed by atoms with Gasteiger partial charge in [0.1, 0.15) is 0 Å². The van der Waals surface area contributed by atoms with Crippen LogP contribution in [0, 0.1) is 13.8 Å². The number of anilines is 2. The van der Waals surface area contributed by atoms with Crippen molar-refractivity contribution in [3.8, 4) is 5.75 Å². The first-order valence-corrected chi connectivity index (χ1v) is 6.99. The summed E-state index contributed by atoms with van der Waals surface area (Å²) in [6.07, 6.45) is 0. The Morgan fingerprint density at radius 1 is 1.23 bits per heavy atom. The number of aryl methyl sites for hydroxylation is 2. The van der Waals surface area contributed by atoms with Crippen molar-refractivity contribution in [3.63, 3.8) is 0 Å². The molecule has 0 radical (unpaired) electrons. The maximum atomic E-state index is 12.5. The van der Waals surface area contributed by atoms with Crippen molar-refractivity contribution in [1.82, 2.24) is 0 Å². The molecular formula is C17H16N2O3. The third-order valence-corrected chi connectivity index (χ3v) is 3.51. The van der Waals surface area contributed by atoms with E-state index in [1.807, 2.05) is 32.0 Å². The van der Waals surface area contributed by atoms with Gasteiger partial charge in [-0.1, -0.05) is 23.8 Å². The van der Waals surface area contributed by atoms with Gasteiger partial charge in [-0.25, -0.2) is 0 Å². The molecule has 0 aliphatic carbocycles. The molecular weight excluding hydrogens is 280 g/mol. The summed E-state index contributed by atoms with van der Waals surface area (Å²) in [6, 6.07) is 10.9. The van der Waals surface area contributed by atoms with Gasteiger partial charge in [-0.3, -0.25) is 9.59 Å². The van der Waals surface area contributed by atoms with Gasteiger partial charge in [0, 0.05) is 5.69 Å². The number of hydrogen-bond donors (Lipinski definition) is 2. The summed E-state index contributed by atoms with van der Waals surface area (Å²) in [5.74, 6) is -0.0799. The summed E-state index contributed by atoms with van der Waals surface area (Å²) in [4.78, 5) is 23.8. The van der Waals surface area contributed by atoms with E-state index in [1.165, 1.54) is 0 Å². The van der Waals surface area contributed by atoms with Crippen LogP contribution in [0.25, 0.3) is 0 Å². The van der Waals surface area contributed by atoms with Gasteiger partial charge in [0.25, 0.3) is 11.8 Å². The highest BCUT2D eigenvalue weighted by atomic mass is 16.5. The van der Waals surface area contributed by atoms with Gasteiger partial charge in [-0.05, 0) is 37.6 Å². The van der Waals surface area contributed by atoms with Crippen LogP contribution in [0.5, 0.6) is 5.75 Å². The number of para-hydroxylation sites is 1. The van der Waals surface area contributed by atoms with E-state index in [1.54, 1.807) is 18.2 Å². The van der Waals surface area contributed by atoms with E-state index in [0.717, 1.165) is 16.8 Å². The molecule has 1 aliphatic rings. The van der Waals surface area contributed by atoms with E-state index in [4.69, 9.17) is 4.74 Å². The quantitative estimate of drug-likeness (QED) is 0.895. The van der Waals surface area contributed by atoms with E-state index < -0.39 is 0 Å². The minimum Gasteiger partial charge on any atom is -0.481 e. The number of benzene rings is 2. The highest BCUT2D eigenvalue weighted by Crippen LogP contribution is 2.32. The first-order chi connectivity index (χ1) is 10.5. The lowest BCUT2D eigenvalue weighted by Gasteiger charge is -2.20. The number of carbonyl (C=O) groups excluding carboxylic acids is 2. The fourth-order valence-corrected chi connectivity index (χ4v) is 2.44. The molecule has 2 N–H and O–H groups in total. The summed E-state index contributed by atoms with van der Waals surface area (Å²) in [5.41, 5.74) is 3.81. The summed E-state index contributed by atoms with van der Waals surface area (Å²) in [6.45, 7) is 3.86. The number of ether oxygens (including phenoxy) is 1.